The quantitative estimate of drug-likeness (QED) is 0.843. The molecule has 0 atom stereocenters. The molecule has 2 aromatic rings. The summed E-state index contributed by atoms with van der Waals surface area (Å²) in [7, 11) is 0. The second-order valence-electron chi connectivity index (χ2n) is 3.92. The van der Waals surface area contributed by atoms with Crippen LogP contribution in [0.5, 0.6) is 0 Å². The molecule has 2 rings (SSSR count). The van der Waals surface area contributed by atoms with E-state index in [4.69, 9.17) is 11.0 Å². The molecule has 0 fully saturated rings. The highest BCUT2D eigenvalue weighted by molar-refractivity contribution is 6.02. The lowest BCUT2D eigenvalue weighted by Gasteiger charge is -2.04. The molecule has 0 spiro atoms. The first kappa shape index (κ1) is 13.6. The first-order valence-electron chi connectivity index (χ1n) is 5.75. The van der Waals surface area contributed by atoms with E-state index in [9.17, 15) is 9.18 Å². The summed E-state index contributed by atoms with van der Waals surface area (Å²) in [4.78, 5) is 11.8. The number of carbonyl (C=O) groups is 1. The van der Waals surface area contributed by atoms with Crippen LogP contribution in [0.3, 0.4) is 0 Å². The molecule has 7 nitrogen and oxygen atoms in total. The molecule has 20 heavy (non-hydrogen) atoms. The highest BCUT2D eigenvalue weighted by Gasteiger charge is 2.13. The van der Waals surface area contributed by atoms with Gasteiger partial charge in [-0.1, -0.05) is 5.21 Å². The van der Waals surface area contributed by atoms with Gasteiger partial charge in [-0.2, -0.15) is 5.26 Å². The Kier molecular flexibility index (Phi) is 4.02. The summed E-state index contributed by atoms with van der Waals surface area (Å²) in [6, 6.07) is 5.57. The number of amides is 1. The van der Waals surface area contributed by atoms with Crippen LogP contribution in [0.2, 0.25) is 0 Å². The van der Waals surface area contributed by atoms with Crippen molar-refractivity contribution in [1.29, 1.82) is 5.26 Å². The van der Waals surface area contributed by atoms with Gasteiger partial charge in [0, 0.05) is 6.54 Å². The fourth-order valence-electron chi connectivity index (χ4n) is 1.52. The van der Waals surface area contributed by atoms with E-state index in [0.29, 0.717) is 13.1 Å². The highest BCUT2D eigenvalue weighted by atomic mass is 19.1. The summed E-state index contributed by atoms with van der Waals surface area (Å²) < 4.78 is 15.0. The Morgan fingerprint density at radius 1 is 1.55 bits per heavy atom. The second-order valence-corrected chi connectivity index (χ2v) is 3.92. The lowest BCUT2D eigenvalue weighted by Crippen LogP contribution is -2.14. The van der Waals surface area contributed by atoms with Crippen LogP contribution in [0.15, 0.2) is 24.4 Å². The maximum Gasteiger partial charge on any atom is 0.277 e. The third-order valence-electron chi connectivity index (χ3n) is 2.48. The van der Waals surface area contributed by atoms with Crippen LogP contribution >= 0.6 is 0 Å². The molecule has 8 heteroatoms. The SMILES string of the molecule is N#Cc1ccc(NC(=O)c2cn(CCN)nn2)c(F)c1. The number of hydrogen-bond acceptors (Lipinski definition) is 5. The molecule has 0 aliphatic carbocycles. The van der Waals surface area contributed by atoms with Crippen LogP contribution < -0.4 is 11.1 Å². The number of nitrogens with one attached hydrogen (secondary N) is 1. The number of aromatic nitrogens is 3. The van der Waals surface area contributed by atoms with E-state index in [1.807, 2.05) is 6.07 Å². The molecule has 0 radical (unpaired) electrons. The summed E-state index contributed by atoms with van der Waals surface area (Å²) in [5.41, 5.74) is 5.56. The minimum Gasteiger partial charge on any atom is -0.329 e. The maximum atomic E-state index is 13.6. The Bertz CT molecular complexity index is 675. The second kappa shape index (κ2) is 5.90. The Labute approximate surface area is 113 Å². The molecule has 0 aliphatic heterocycles. The number of nitriles is 1. The zero-order chi connectivity index (χ0) is 14.5. The van der Waals surface area contributed by atoms with Crippen molar-refractivity contribution in [2.24, 2.45) is 5.73 Å². The summed E-state index contributed by atoms with van der Waals surface area (Å²) in [6.45, 7) is 0.806. The Morgan fingerprint density at radius 3 is 3.00 bits per heavy atom. The minimum absolute atomic E-state index is 0.0256. The summed E-state index contributed by atoms with van der Waals surface area (Å²) >= 11 is 0. The van der Waals surface area contributed by atoms with Crippen LogP contribution in [-0.4, -0.2) is 27.4 Å². The van der Waals surface area contributed by atoms with Gasteiger partial charge in [0.05, 0.1) is 30.1 Å². The van der Waals surface area contributed by atoms with Gasteiger partial charge >= 0.3 is 0 Å². The number of nitrogens with two attached hydrogens (primary N) is 1. The fourth-order valence-corrected chi connectivity index (χ4v) is 1.52. The zero-order valence-corrected chi connectivity index (χ0v) is 10.4. The Hall–Kier alpha value is -2.79. The van der Waals surface area contributed by atoms with Gasteiger partial charge in [-0.15, -0.1) is 5.10 Å². The topological polar surface area (TPSA) is 110 Å². The number of hydrogen-bond donors (Lipinski definition) is 2. The zero-order valence-electron chi connectivity index (χ0n) is 10.4. The summed E-state index contributed by atoms with van der Waals surface area (Å²) in [6.07, 6.45) is 1.42. The molecule has 0 saturated heterocycles. The summed E-state index contributed by atoms with van der Waals surface area (Å²) in [5.74, 6) is -1.27. The van der Waals surface area contributed by atoms with Gasteiger partial charge in [0.1, 0.15) is 5.82 Å². The molecule has 102 valence electrons. The molecule has 1 aromatic carbocycles. The predicted molar refractivity (Wildman–Crippen MR) is 68.1 cm³/mol. The van der Waals surface area contributed by atoms with Crippen molar-refractivity contribution in [3.63, 3.8) is 0 Å². The van der Waals surface area contributed by atoms with Crippen LogP contribution in [0, 0.1) is 17.1 Å². The van der Waals surface area contributed by atoms with E-state index in [2.05, 4.69) is 15.6 Å². The van der Waals surface area contributed by atoms with Crippen molar-refractivity contribution in [2.75, 3.05) is 11.9 Å². The van der Waals surface area contributed by atoms with Gasteiger partial charge < -0.3 is 11.1 Å². The van der Waals surface area contributed by atoms with Crippen LogP contribution in [0.25, 0.3) is 0 Å². The lowest BCUT2D eigenvalue weighted by atomic mass is 10.2. The van der Waals surface area contributed by atoms with Crippen molar-refractivity contribution >= 4 is 11.6 Å². The third-order valence-corrected chi connectivity index (χ3v) is 2.48. The van der Waals surface area contributed by atoms with Gasteiger partial charge in [0.15, 0.2) is 5.69 Å². The van der Waals surface area contributed by atoms with E-state index in [0.717, 1.165) is 6.07 Å². The number of nitrogens with zero attached hydrogens (tertiary/aromatic N) is 4. The standard InChI is InChI=1S/C12H11FN6O/c13-9-5-8(6-15)1-2-10(9)16-12(20)11-7-19(4-3-14)18-17-11/h1-2,5,7H,3-4,14H2,(H,16,20). The smallest absolute Gasteiger partial charge is 0.277 e. The van der Waals surface area contributed by atoms with E-state index in [-0.39, 0.29) is 16.9 Å². The average molecular weight is 274 g/mol. The molecule has 3 N–H and O–H groups in total. The van der Waals surface area contributed by atoms with Gasteiger partial charge in [-0.25, -0.2) is 4.39 Å². The molecule has 1 amide bonds. The molecule has 0 unspecified atom stereocenters. The lowest BCUT2D eigenvalue weighted by molar-refractivity contribution is 0.102. The number of carbonyl (C=O) groups excluding carboxylic acids is 1. The number of anilines is 1. The monoisotopic (exact) mass is 274 g/mol. The van der Waals surface area contributed by atoms with E-state index in [1.54, 1.807) is 0 Å². The van der Waals surface area contributed by atoms with Gasteiger partial charge in [0.25, 0.3) is 5.91 Å². The Balaban J connectivity index is 2.13. The van der Waals surface area contributed by atoms with E-state index >= 15 is 0 Å². The van der Waals surface area contributed by atoms with Gasteiger partial charge in [0.2, 0.25) is 0 Å². The number of halogens is 1. The molecule has 1 aromatic heterocycles. The Morgan fingerprint density at radius 2 is 2.35 bits per heavy atom. The molecular weight excluding hydrogens is 263 g/mol. The maximum absolute atomic E-state index is 13.6. The molecular formula is C12H11FN6O. The number of rotatable bonds is 4. The van der Waals surface area contributed by atoms with E-state index < -0.39 is 11.7 Å². The highest BCUT2D eigenvalue weighted by Crippen LogP contribution is 2.16. The fraction of sp³-hybridized carbons (Fsp3) is 0.167. The largest absolute Gasteiger partial charge is 0.329 e. The van der Waals surface area contributed by atoms with Crippen molar-refractivity contribution < 1.29 is 9.18 Å². The average Bonchev–Trinajstić information content (AvgIpc) is 2.90. The van der Waals surface area contributed by atoms with E-state index in [1.165, 1.54) is 23.0 Å². The van der Waals surface area contributed by atoms with Crippen LogP contribution in [0.4, 0.5) is 10.1 Å². The summed E-state index contributed by atoms with van der Waals surface area (Å²) in [5, 5.41) is 18.4. The number of benzene rings is 1. The van der Waals surface area contributed by atoms with Crippen LogP contribution in [-0.2, 0) is 6.54 Å². The van der Waals surface area contributed by atoms with Crippen molar-refractivity contribution in [1.82, 2.24) is 15.0 Å². The molecule has 0 bridgehead atoms. The first-order valence-corrected chi connectivity index (χ1v) is 5.75. The van der Waals surface area contributed by atoms with Crippen molar-refractivity contribution in [3.8, 4) is 6.07 Å². The first-order chi connectivity index (χ1) is 9.63. The van der Waals surface area contributed by atoms with Crippen molar-refractivity contribution in [2.45, 2.75) is 6.54 Å². The van der Waals surface area contributed by atoms with Gasteiger partial charge in [-0.3, -0.25) is 9.48 Å². The minimum atomic E-state index is -0.688. The molecule has 0 saturated carbocycles. The predicted octanol–water partition coefficient (Wildman–Crippen LogP) is 0.500. The normalized spacial score (nSPS) is 10.1. The van der Waals surface area contributed by atoms with Gasteiger partial charge in [-0.05, 0) is 18.2 Å². The molecule has 0 aliphatic rings. The third kappa shape index (κ3) is 2.96. The van der Waals surface area contributed by atoms with Crippen LogP contribution in [0.1, 0.15) is 16.1 Å². The molecule has 1 heterocycles. The van der Waals surface area contributed by atoms with Crippen molar-refractivity contribution in [3.05, 3.63) is 41.5 Å².